The van der Waals surface area contributed by atoms with Crippen molar-refractivity contribution in [3.8, 4) is 0 Å². The molecule has 1 aliphatic rings. The minimum absolute atomic E-state index is 0.410. The summed E-state index contributed by atoms with van der Waals surface area (Å²) < 4.78 is 6.94. The average Bonchev–Trinajstić information content (AvgIpc) is 2.42. The third-order valence-electron chi connectivity index (χ3n) is 2.58. The molecule has 1 atom stereocenters. The van der Waals surface area contributed by atoms with E-state index in [1.54, 1.807) is 0 Å². The molecule has 1 heterocycles. The molecule has 0 saturated heterocycles. The number of aryl methyl sites for hydroxylation is 1. The first-order valence-electron chi connectivity index (χ1n) is 4.92. The Morgan fingerprint density at radius 2 is 2.07 bits per heavy atom. The van der Waals surface area contributed by atoms with Crippen LogP contribution in [0.3, 0.4) is 0 Å². The van der Waals surface area contributed by atoms with Gasteiger partial charge in [-0.05, 0) is 43.4 Å². The molecule has 80 valence electrons. The number of hydrogen-bond acceptors (Lipinski definition) is 2. The molecule has 1 unspecified atom stereocenters. The minimum atomic E-state index is -0.410. The number of hydrogen-bond donors (Lipinski definition) is 1. The zero-order valence-corrected chi connectivity index (χ0v) is 11.3. The van der Waals surface area contributed by atoms with Gasteiger partial charge in [0.25, 0.3) is 0 Å². The van der Waals surface area contributed by atoms with Crippen molar-refractivity contribution >= 4 is 22.6 Å². The van der Waals surface area contributed by atoms with Gasteiger partial charge in [-0.3, -0.25) is 0 Å². The third kappa shape index (κ3) is 1.97. The summed E-state index contributed by atoms with van der Waals surface area (Å²) in [6, 6.07) is 8.38. The third-order valence-corrected chi connectivity index (χ3v) is 3.61. The van der Waals surface area contributed by atoms with E-state index in [1.807, 2.05) is 6.92 Å². The molecule has 0 bridgehead atoms. The van der Waals surface area contributed by atoms with E-state index >= 15 is 0 Å². The van der Waals surface area contributed by atoms with Crippen molar-refractivity contribution in [3.63, 3.8) is 0 Å². The van der Waals surface area contributed by atoms with E-state index in [0.717, 1.165) is 15.0 Å². The van der Waals surface area contributed by atoms with Crippen molar-refractivity contribution < 1.29 is 4.74 Å². The fourth-order valence-corrected chi connectivity index (χ4v) is 2.37. The Hall–Kier alpha value is -0.710. The van der Waals surface area contributed by atoms with E-state index in [2.05, 4.69) is 66.0 Å². The Labute approximate surface area is 104 Å². The van der Waals surface area contributed by atoms with Crippen LogP contribution in [0.15, 0.2) is 33.7 Å². The van der Waals surface area contributed by atoms with Crippen LogP contribution in [-0.2, 0) is 10.5 Å². The van der Waals surface area contributed by atoms with Gasteiger partial charge in [0.05, 0.1) is 0 Å². The molecule has 1 N–H and O–H groups in total. The van der Waals surface area contributed by atoms with Crippen molar-refractivity contribution in [1.29, 1.82) is 0 Å². The van der Waals surface area contributed by atoms with Gasteiger partial charge in [0.15, 0.2) is 0 Å². The first-order valence-corrected chi connectivity index (χ1v) is 6.00. The first kappa shape index (κ1) is 10.8. The van der Waals surface area contributed by atoms with Gasteiger partial charge >= 0.3 is 0 Å². The Balaban J connectivity index is 2.34. The van der Waals surface area contributed by atoms with Gasteiger partial charge in [0.2, 0.25) is 5.72 Å². The summed E-state index contributed by atoms with van der Waals surface area (Å²) in [6.07, 6.45) is 0. The first-order chi connectivity index (χ1) is 7.01. The molecule has 1 aliphatic heterocycles. The highest BCUT2D eigenvalue weighted by molar-refractivity contribution is 14.1. The van der Waals surface area contributed by atoms with Crippen LogP contribution in [0.5, 0.6) is 0 Å². The molecule has 15 heavy (non-hydrogen) atoms. The summed E-state index contributed by atoms with van der Waals surface area (Å²) in [5, 5.41) is 3.37. The van der Waals surface area contributed by atoms with E-state index in [9.17, 15) is 0 Å². The molecule has 3 heteroatoms. The van der Waals surface area contributed by atoms with E-state index in [-0.39, 0.29) is 0 Å². The summed E-state index contributed by atoms with van der Waals surface area (Å²) in [6.45, 7) is 6.12. The Morgan fingerprint density at radius 3 is 2.60 bits per heavy atom. The van der Waals surface area contributed by atoms with Crippen molar-refractivity contribution in [2.75, 3.05) is 0 Å². The maximum Gasteiger partial charge on any atom is 0.204 e. The molecule has 2 nitrogen and oxygen atoms in total. The molecule has 0 fully saturated rings. The molecule has 0 aromatic heterocycles. The predicted octanol–water partition coefficient (Wildman–Crippen LogP) is 3.41. The Morgan fingerprint density at radius 1 is 1.33 bits per heavy atom. The second-order valence-electron chi connectivity index (χ2n) is 4.00. The standard InChI is InChI=1S/C12H14INO/c1-8-5-4-6-10(7-8)12(3)14-11(13)9(2)15-12/h4-7,14H,1-3H3. The minimum Gasteiger partial charge on any atom is -0.466 e. The van der Waals surface area contributed by atoms with Gasteiger partial charge in [0.1, 0.15) is 9.46 Å². The predicted molar refractivity (Wildman–Crippen MR) is 69.5 cm³/mol. The zero-order valence-electron chi connectivity index (χ0n) is 9.10. The molecule has 0 radical (unpaired) electrons. The molecule has 2 rings (SSSR count). The summed E-state index contributed by atoms with van der Waals surface area (Å²) in [5.74, 6) is 0.958. The van der Waals surface area contributed by atoms with Crippen molar-refractivity contribution in [2.45, 2.75) is 26.5 Å². The average molecular weight is 315 g/mol. The van der Waals surface area contributed by atoms with Gasteiger partial charge in [-0.1, -0.05) is 29.8 Å². The largest absolute Gasteiger partial charge is 0.466 e. The molecule has 1 aromatic rings. The lowest BCUT2D eigenvalue weighted by Gasteiger charge is -2.26. The van der Waals surface area contributed by atoms with Gasteiger partial charge in [-0.25, -0.2) is 0 Å². The van der Waals surface area contributed by atoms with Crippen LogP contribution in [0, 0.1) is 6.92 Å². The van der Waals surface area contributed by atoms with Crippen molar-refractivity contribution in [1.82, 2.24) is 5.32 Å². The smallest absolute Gasteiger partial charge is 0.204 e. The Bertz CT molecular complexity index is 411. The summed E-state index contributed by atoms with van der Waals surface area (Å²) in [4.78, 5) is 0. The fraction of sp³-hybridized carbons (Fsp3) is 0.333. The molecule has 0 saturated carbocycles. The monoisotopic (exact) mass is 315 g/mol. The number of nitrogens with one attached hydrogen (secondary N) is 1. The van der Waals surface area contributed by atoms with Crippen LogP contribution >= 0.6 is 22.6 Å². The maximum atomic E-state index is 5.86. The summed E-state index contributed by atoms with van der Waals surface area (Å²) in [5.41, 5.74) is 2.00. The van der Waals surface area contributed by atoms with Crippen LogP contribution in [0.2, 0.25) is 0 Å². The van der Waals surface area contributed by atoms with Gasteiger partial charge < -0.3 is 10.1 Å². The van der Waals surface area contributed by atoms with Gasteiger partial charge in [-0.2, -0.15) is 0 Å². The molecule has 1 aromatic carbocycles. The van der Waals surface area contributed by atoms with E-state index in [1.165, 1.54) is 5.56 Å². The highest BCUT2D eigenvalue weighted by Gasteiger charge is 2.35. The van der Waals surface area contributed by atoms with Crippen LogP contribution in [-0.4, -0.2) is 0 Å². The lowest BCUT2D eigenvalue weighted by molar-refractivity contribution is 0.0224. The van der Waals surface area contributed by atoms with Crippen molar-refractivity contribution in [3.05, 3.63) is 44.9 Å². The summed E-state index contributed by atoms with van der Waals surface area (Å²) in [7, 11) is 0. The summed E-state index contributed by atoms with van der Waals surface area (Å²) >= 11 is 2.26. The second kappa shape index (κ2) is 3.70. The Kier molecular flexibility index (Phi) is 2.66. The maximum absolute atomic E-state index is 5.86. The fourth-order valence-electron chi connectivity index (χ4n) is 1.75. The lowest BCUT2D eigenvalue weighted by atomic mass is 10.0. The molecule has 0 spiro atoms. The molecule has 0 amide bonds. The topological polar surface area (TPSA) is 21.3 Å². The molecule has 0 aliphatic carbocycles. The number of halogens is 1. The SMILES string of the molecule is CC1=C(I)NC(C)(c2cccc(C)c2)O1. The van der Waals surface area contributed by atoms with E-state index in [0.29, 0.717) is 0 Å². The van der Waals surface area contributed by atoms with Gasteiger partial charge in [0, 0.05) is 5.56 Å². The van der Waals surface area contributed by atoms with E-state index < -0.39 is 5.72 Å². The zero-order chi connectivity index (χ0) is 11.1. The van der Waals surface area contributed by atoms with Crippen LogP contribution in [0.25, 0.3) is 0 Å². The highest BCUT2D eigenvalue weighted by atomic mass is 127. The van der Waals surface area contributed by atoms with E-state index in [4.69, 9.17) is 4.74 Å². The van der Waals surface area contributed by atoms with Crippen LogP contribution in [0.1, 0.15) is 25.0 Å². The number of benzene rings is 1. The normalized spacial score (nSPS) is 25.1. The van der Waals surface area contributed by atoms with Crippen LogP contribution < -0.4 is 5.32 Å². The highest BCUT2D eigenvalue weighted by Crippen LogP contribution is 2.35. The van der Waals surface area contributed by atoms with Crippen molar-refractivity contribution in [2.24, 2.45) is 0 Å². The number of allylic oxidation sites excluding steroid dienone is 1. The van der Waals surface area contributed by atoms with Crippen LogP contribution in [0.4, 0.5) is 0 Å². The number of ether oxygens (including phenoxy) is 1. The van der Waals surface area contributed by atoms with Gasteiger partial charge in [-0.15, -0.1) is 0 Å². The molecular formula is C12H14INO. The number of rotatable bonds is 1. The lowest BCUT2D eigenvalue weighted by Crippen LogP contribution is -2.34. The molecular weight excluding hydrogens is 301 g/mol. The second-order valence-corrected chi connectivity index (χ2v) is 5.08. The quantitative estimate of drug-likeness (QED) is 0.633.